The molecule has 0 saturated carbocycles. The lowest BCUT2D eigenvalue weighted by Gasteiger charge is -2.13. The van der Waals surface area contributed by atoms with Crippen LogP contribution in [0.1, 0.15) is 37.9 Å². The van der Waals surface area contributed by atoms with Crippen LogP contribution >= 0.6 is 0 Å². The number of anilines is 1. The van der Waals surface area contributed by atoms with Gasteiger partial charge in [-0.25, -0.2) is 5.01 Å². The zero-order chi connectivity index (χ0) is 19.4. The van der Waals surface area contributed by atoms with Gasteiger partial charge in [-0.05, 0) is 16.7 Å². The highest BCUT2D eigenvalue weighted by Gasteiger charge is 2.25. The van der Waals surface area contributed by atoms with E-state index in [1.165, 1.54) is 10.6 Å². The third-order valence-corrected chi connectivity index (χ3v) is 4.05. The Hall–Kier alpha value is -3.39. The highest BCUT2D eigenvalue weighted by atomic mass is 16.4. The van der Waals surface area contributed by atoms with Crippen LogP contribution in [0.5, 0.6) is 0 Å². The third-order valence-electron chi connectivity index (χ3n) is 4.05. The minimum atomic E-state index is -0.276. The van der Waals surface area contributed by atoms with E-state index in [0.29, 0.717) is 11.8 Å². The van der Waals surface area contributed by atoms with Gasteiger partial charge in [0.1, 0.15) is 6.07 Å². The number of oxazole rings is 1. The zero-order valence-electron chi connectivity index (χ0n) is 16.0. The molecule has 0 N–H and O–H groups in total. The van der Waals surface area contributed by atoms with Gasteiger partial charge in [-0.15, -0.1) is 0 Å². The van der Waals surface area contributed by atoms with Crippen molar-refractivity contribution < 1.29 is 4.42 Å². The van der Waals surface area contributed by atoms with Crippen molar-refractivity contribution in [2.45, 2.75) is 26.2 Å². The molecule has 0 bridgehead atoms. The van der Waals surface area contributed by atoms with E-state index in [0.717, 1.165) is 11.1 Å². The van der Waals surface area contributed by atoms with Crippen LogP contribution in [0.2, 0.25) is 0 Å². The van der Waals surface area contributed by atoms with Crippen LogP contribution in [0, 0.1) is 11.3 Å². The number of rotatable bonds is 4. The second-order valence-corrected chi connectivity index (χ2v) is 7.29. The molecule has 0 unspecified atom stereocenters. The molecular weight excluding hydrogens is 336 g/mol. The third kappa shape index (κ3) is 4.24. The topological polar surface area (TPSA) is 65.4 Å². The Morgan fingerprint density at radius 3 is 2.26 bits per heavy atom. The molecule has 0 aliphatic rings. The first kappa shape index (κ1) is 18.4. The second kappa shape index (κ2) is 7.46. The second-order valence-electron chi connectivity index (χ2n) is 7.29. The van der Waals surface area contributed by atoms with Crippen LogP contribution in [0.15, 0.2) is 64.1 Å². The normalized spacial score (nSPS) is 11.5. The molecule has 0 aliphatic heterocycles. The van der Waals surface area contributed by atoms with E-state index in [2.05, 4.69) is 40.4 Å². The maximum Gasteiger partial charge on any atom is 0.254 e. The fourth-order valence-corrected chi connectivity index (χ4v) is 2.52. The Morgan fingerprint density at radius 2 is 1.67 bits per heavy atom. The average Bonchev–Trinajstić information content (AvgIpc) is 3.12. The molecule has 2 aromatic carbocycles. The molecule has 0 atom stereocenters. The molecule has 1 aromatic heterocycles. The Balaban J connectivity index is 1.78. The van der Waals surface area contributed by atoms with E-state index in [9.17, 15) is 5.26 Å². The van der Waals surface area contributed by atoms with E-state index >= 15 is 0 Å². The van der Waals surface area contributed by atoms with E-state index in [1.807, 2.05) is 51.1 Å². The van der Waals surface area contributed by atoms with Crippen molar-refractivity contribution >= 4 is 12.1 Å². The first-order valence-corrected chi connectivity index (χ1v) is 8.73. The lowest BCUT2D eigenvalue weighted by molar-refractivity contribution is 0.394. The standard InChI is InChI=1S/C22H22N4O/c1-22(2,3)21-25-19(14-23)20(27-21)26(4)24-15-16-10-12-18(13-11-16)17-8-6-5-7-9-17/h5-13,15H,1-4H3. The van der Waals surface area contributed by atoms with Gasteiger partial charge >= 0.3 is 0 Å². The SMILES string of the molecule is CN(N=Cc1ccc(-c2ccccc2)cc1)c1oc(C(C)(C)C)nc1C#N. The Kier molecular flexibility index (Phi) is 5.09. The molecule has 3 aromatic rings. The van der Waals surface area contributed by atoms with Crippen molar-refractivity contribution in [3.05, 3.63) is 71.7 Å². The molecular formula is C22H22N4O. The summed E-state index contributed by atoms with van der Waals surface area (Å²) in [6.07, 6.45) is 1.73. The summed E-state index contributed by atoms with van der Waals surface area (Å²) >= 11 is 0. The number of hydrogen-bond donors (Lipinski definition) is 0. The van der Waals surface area contributed by atoms with Crippen LogP contribution in [0.25, 0.3) is 11.1 Å². The van der Waals surface area contributed by atoms with Crippen LogP contribution in [0.3, 0.4) is 0 Å². The van der Waals surface area contributed by atoms with Gasteiger partial charge < -0.3 is 4.42 Å². The van der Waals surface area contributed by atoms with Gasteiger partial charge in [0.2, 0.25) is 11.6 Å². The number of nitrogens with zero attached hydrogens (tertiary/aromatic N) is 4. The summed E-state index contributed by atoms with van der Waals surface area (Å²) in [6.45, 7) is 5.96. The molecule has 0 spiro atoms. The minimum absolute atomic E-state index is 0.235. The van der Waals surface area contributed by atoms with E-state index in [-0.39, 0.29) is 11.1 Å². The first-order valence-electron chi connectivity index (χ1n) is 8.73. The summed E-state index contributed by atoms with van der Waals surface area (Å²) in [5.41, 5.74) is 3.24. The monoisotopic (exact) mass is 358 g/mol. The van der Waals surface area contributed by atoms with Crippen molar-refractivity contribution in [1.82, 2.24) is 4.98 Å². The quantitative estimate of drug-likeness (QED) is 0.487. The van der Waals surface area contributed by atoms with Crippen LogP contribution < -0.4 is 5.01 Å². The van der Waals surface area contributed by atoms with Gasteiger partial charge in [0.05, 0.1) is 6.21 Å². The van der Waals surface area contributed by atoms with E-state index in [1.54, 1.807) is 13.3 Å². The molecule has 3 rings (SSSR count). The van der Waals surface area contributed by atoms with Crippen molar-refractivity contribution in [2.75, 3.05) is 12.1 Å². The van der Waals surface area contributed by atoms with Crippen LogP contribution in [-0.2, 0) is 5.41 Å². The van der Waals surface area contributed by atoms with E-state index < -0.39 is 0 Å². The van der Waals surface area contributed by atoms with Crippen LogP contribution in [-0.4, -0.2) is 18.2 Å². The van der Waals surface area contributed by atoms with Crippen molar-refractivity contribution in [3.8, 4) is 17.2 Å². The number of benzene rings is 2. The molecule has 0 aliphatic carbocycles. The van der Waals surface area contributed by atoms with Gasteiger partial charge in [-0.1, -0.05) is 75.4 Å². The molecule has 5 nitrogen and oxygen atoms in total. The number of hydrogen-bond acceptors (Lipinski definition) is 5. The Bertz CT molecular complexity index is 974. The number of hydrazone groups is 1. The van der Waals surface area contributed by atoms with Crippen LogP contribution in [0.4, 0.5) is 5.88 Å². The predicted octanol–water partition coefficient (Wildman–Crippen LogP) is 4.98. The highest BCUT2D eigenvalue weighted by molar-refractivity contribution is 5.81. The van der Waals surface area contributed by atoms with Crippen molar-refractivity contribution in [2.24, 2.45) is 5.10 Å². The molecule has 0 radical (unpaired) electrons. The van der Waals surface area contributed by atoms with Crippen molar-refractivity contribution in [1.29, 1.82) is 5.26 Å². The minimum Gasteiger partial charge on any atom is -0.421 e. The first-order chi connectivity index (χ1) is 12.9. The van der Waals surface area contributed by atoms with Crippen molar-refractivity contribution in [3.63, 3.8) is 0 Å². The summed E-state index contributed by atoms with van der Waals surface area (Å²) in [5, 5.41) is 15.2. The number of nitriles is 1. The predicted molar refractivity (Wildman–Crippen MR) is 108 cm³/mol. The summed E-state index contributed by atoms with van der Waals surface area (Å²) < 4.78 is 5.78. The van der Waals surface area contributed by atoms with Gasteiger partial charge in [0.25, 0.3) is 5.88 Å². The number of aromatic nitrogens is 1. The molecule has 0 amide bonds. The fourth-order valence-electron chi connectivity index (χ4n) is 2.52. The zero-order valence-corrected chi connectivity index (χ0v) is 16.0. The van der Waals surface area contributed by atoms with Gasteiger partial charge in [0, 0.05) is 12.5 Å². The molecule has 27 heavy (non-hydrogen) atoms. The smallest absolute Gasteiger partial charge is 0.254 e. The molecule has 0 fully saturated rings. The summed E-state index contributed by atoms with van der Waals surface area (Å²) in [6, 6.07) is 20.4. The van der Waals surface area contributed by atoms with Gasteiger partial charge in [0.15, 0.2) is 0 Å². The molecule has 1 heterocycles. The van der Waals surface area contributed by atoms with Gasteiger partial charge in [-0.2, -0.15) is 15.3 Å². The molecule has 0 saturated heterocycles. The summed E-state index contributed by atoms with van der Waals surface area (Å²) in [5.74, 6) is 0.864. The van der Waals surface area contributed by atoms with E-state index in [4.69, 9.17) is 4.42 Å². The average molecular weight is 358 g/mol. The Labute approximate surface area is 159 Å². The maximum absolute atomic E-state index is 9.32. The largest absolute Gasteiger partial charge is 0.421 e. The summed E-state index contributed by atoms with van der Waals surface area (Å²) in [7, 11) is 1.74. The maximum atomic E-state index is 9.32. The molecule has 136 valence electrons. The fraction of sp³-hybridized carbons (Fsp3) is 0.227. The summed E-state index contributed by atoms with van der Waals surface area (Å²) in [4.78, 5) is 4.28. The molecule has 5 heteroatoms. The lowest BCUT2D eigenvalue weighted by atomic mass is 9.97. The highest BCUT2D eigenvalue weighted by Crippen LogP contribution is 2.28. The lowest BCUT2D eigenvalue weighted by Crippen LogP contribution is -2.11. The van der Waals surface area contributed by atoms with Gasteiger partial charge in [-0.3, -0.25) is 0 Å². The Morgan fingerprint density at radius 1 is 1.04 bits per heavy atom.